The first-order valence-electron chi connectivity index (χ1n) is 10.6. The topological polar surface area (TPSA) is 61.8 Å². The Balaban J connectivity index is 1.41. The summed E-state index contributed by atoms with van der Waals surface area (Å²) in [7, 11) is 3.96. The van der Waals surface area contributed by atoms with Gasteiger partial charge in [0.05, 0.1) is 6.10 Å². The van der Waals surface area contributed by atoms with Gasteiger partial charge in [-0.3, -0.25) is 4.79 Å². The molecule has 3 fully saturated rings. The summed E-state index contributed by atoms with van der Waals surface area (Å²) < 4.78 is 5.78. The molecule has 3 saturated heterocycles. The van der Waals surface area contributed by atoms with E-state index >= 15 is 0 Å². The molecule has 4 heterocycles. The van der Waals surface area contributed by atoms with Crippen molar-refractivity contribution in [2.24, 2.45) is 5.41 Å². The predicted molar refractivity (Wildman–Crippen MR) is 110 cm³/mol. The highest BCUT2D eigenvalue weighted by molar-refractivity contribution is 5.77. The summed E-state index contributed by atoms with van der Waals surface area (Å²) in [5.74, 6) is 2.10. The lowest BCUT2D eigenvalue weighted by molar-refractivity contribution is -0.140. The average molecular weight is 388 g/mol. The molecule has 0 bridgehead atoms. The number of ether oxygens (including phenoxy) is 1. The summed E-state index contributed by atoms with van der Waals surface area (Å²) in [5, 5.41) is 0. The van der Waals surface area contributed by atoms with Crippen LogP contribution in [0.15, 0.2) is 6.07 Å². The van der Waals surface area contributed by atoms with Crippen molar-refractivity contribution in [3.05, 3.63) is 11.8 Å². The van der Waals surface area contributed by atoms with E-state index in [0.717, 1.165) is 82.4 Å². The van der Waals surface area contributed by atoms with Gasteiger partial charge in [-0.05, 0) is 44.4 Å². The van der Waals surface area contributed by atoms with E-state index in [0.29, 0.717) is 12.3 Å². The Labute approximate surface area is 168 Å². The third-order valence-electron chi connectivity index (χ3n) is 6.57. The van der Waals surface area contributed by atoms with Crippen LogP contribution >= 0.6 is 0 Å². The Kier molecular flexibility index (Phi) is 5.45. The van der Waals surface area contributed by atoms with Crippen molar-refractivity contribution in [3.63, 3.8) is 0 Å². The molecule has 0 saturated carbocycles. The van der Waals surface area contributed by atoms with Crippen LogP contribution in [0.1, 0.15) is 44.2 Å². The van der Waals surface area contributed by atoms with Crippen molar-refractivity contribution in [2.45, 2.75) is 51.6 Å². The number of rotatable bonds is 4. The smallest absolute Gasteiger partial charge is 0.226 e. The second kappa shape index (κ2) is 7.85. The lowest BCUT2D eigenvalue weighted by atomic mass is 9.72. The number of carbonyl (C=O) groups excluding carboxylic acids is 1. The molecule has 28 heavy (non-hydrogen) atoms. The van der Waals surface area contributed by atoms with Gasteiger partial charge in [0.2, 0.25) is 11.9 Å². The van der Waals surface area contributed by atoms with Crippen LogP contribution in [0.4, 0.5) is 11.8 Å². The van der Waals surface area contributed by atoms with E-state index in [-0.39, 0.29) is 11.5 Å². The van der Waals surface area contributed by atoms with Gasteiger partial charge in [-0.25, -0.2) is 4.98 Å². The van der Waals surface area contributed by atoms with Gasteiger partial charge < -0.3 is 19.4 Å². The molecule has 1 spiro atoms. The van der Waals surface area contributed by atoms with Crippen molar-refractivity contribution in [2.75, 3.05) is 56.7 Å². The summed E-state index contributed by atoms with van der Waals surface area (Å²) in [6.07, 6.45) is 6.39. The third-order valence-corrected chi connectivity index (χ3v) is 6.57. The van der Waals surface area contributed by atoms with Crippen molar-refractivity contribution in [3.8, 4) is 0 Å². The Morgan fingerprint density at radius 3 is 2.71 bits per heavy atom. The summed E-state index contributed by atoms with van der Waals surface area (Å²) in [5.41, 5.74) is 1.26. The van der Waals surface area contributed by atoms with Gasteiger partial charge in [0, 0.05) is 65.1 Å². The standard InChI is InChI=1S/C21H33N5O2/c1-16-13-18(23-20(22-16)24(2)3)25-10-8-21(9-11-25)7-6-19(27)26(15-21)14-17-5-4-12-28-17/h13,17H,4-12,14-15H2,1-3H3/t17-/m1/s1. The number of amides is 1. The molecule has 3 aliphatic heterocycles. The SMILES string of the molecule is Cc1cc(N2CCC3(CCC(=O)N(C[C@H]4CCCO4)C3)CC2)nc(N(C)C)n1. The van der Waals surface area contributed by atoms with Crippen LogP contribution < -0.4 is 9.80 Å². The fourth-order valence-electron chi connectivity index (χ4n) is 4.82. The molecule has 0 aromatic carbocycles. The van der Waals surface area contributed by atoms with Crippen LogP contribution in [0, 0.1) is 12.3 Å². The lowest BCUT2D eigenvalue weighted by Gasteiger charge is -2.48. The Morgan fingerprint density at radius 2 is 2.04 bits per heavy atom. The first-order chi connectivity index (χ1) is 13.4. The Bertz CT molecular complexity index is 709. The number of likely N-dealkylation sites (tertiary alicyclic amines) is 1. The zero-order chi connectivity index (χ0) is 19.7. The average Bonchev–Trinajstić information content (AvgIpc) is 3.18. The lowest BCUT2D eigenvalue weighted by Crippen LogP contribution is -2.53. The highest BCUT2D eigenvalue weighted by Crippen LogP contribution is 2.41. The first-order valence-corrected chi connectivity index (χ1v) is 10.6. The molecule has 1 aromatic heterocycles. The molecule has 4 rings (SSSR count). The fraction of sp³-hybridized carbons (Fsp3) is 0.762. The monoisotopic (exact) mass is 387 g/mol. The van der Waals surface area contributed by atoms with Crippen molar-refractivity contribution >= 4 is 17.7 Å². The number of hydrogen-bond acceptors (Lipinski definition) is 6. The molecule has 1 amide bonds. The van der Waals surface area contributed by atoms with Gasteiger partial charge in [0.25, 0.3) is 0 Å². The maximum atomic E-state index is 12.5. The zero-order valence-corrected chi connectivity index (χ0v) is 17.5. The van der Waals surface area contributed by atoms with Crippen molar-refractivity contribution < 1.29 is 9.53 Å². The molecule has 0 radical (unpaired) electrons. The summed E-state index contributed by atoms with van der Waals surface area (Å²) >= 11 is 0. The van der Waals surface area contributed by atoms with E-state index in [4.69, 9.17) is 9.72 Å². The zero-order valence-electron chi connectivity index (χ0n) is 17.5. The number of hydrogen-bond donors (Lipinski definition) is 0. The molecule has 154 valence electrons. The van der Waals surface area contributed by atoms with Gasteiger partial charge in [-0.2, -0.15) is 4.98 Å². The molecule has 0 N–H and O–H groups in total. The van der Waals surface area contributed by atoms with E-state index in [9.17, 15) is 4.79 Å². The molecule has 1 atom stereocenters. The second-order valence-electron chi connectivity index (χ2n) is 8.96. The van der Waals surface area contributed by atoms with E-state index in [1.54, 1.807) is 0 Å². The van der Waals surface area contributed by atoms with Crippen molar-refractivity contribution in [1.29, 1.82) is 0 Å². The molecule has 1 aromatic rings. The van der Waals surface area contributed by atoms with Gasteiger partial charge >= 0.3 is 0 Å². The number of aryl methyl sites for hydroxylation is 1. The van der Waals surface area contributed by atoms with E-state index < -0.39 is 0 Å². The van der Waals surface area contributed by atoms with Gasteiger partial charge in [-0.1, -0.05) is 0 Å². The number of aromatic nitrogens is 2. The molecular weight excluding hydrogens is 354 g/mol. The molecule has 7 nitrogen and oxygen atoms in total. The van der Waals surface area contributed by atoms with Gasteiger partial charge in [-0.15, -0.1) is 0 Å². The van der Waals surface area contributed by atoms with E-state index in [1.165, 1.54) is 0 Å². The highest BCUT2D eigenvalue weighted by Gasteiger charge is 2.42. The Hall–Kier alpha value is -1.89. The van der Waals surface area contributed by atoms with E-state index in [2.05, 4.69) is 20.9 Å². The molecular formula is C21H33N5O2. The normalized spacial score (nSPS) is 24.8. The molecule has 3 aliphatic rings. The summed E-state index contributed by atoms with van der Waals surface area (Å²) in [4.78, 5) is 28.2. The molecule has 0 aliphatic carbocycles. The van der Waals surface area contributed by atoms with Crippen LogP contribution in [0.5, 0.6) is 0 Å². The maximum Gasteiger partial charge on any atom is 0.226 e. The first kappa shape index (κ1) is 19.4. The van der Waals surface area contributed by atoms with Crippen molar-refractivity contribution in [1.82, 2.24) is 14.9 Å². The number of piperidine rings is 2. The molecule has 7 heteroatoms. The number of nitrogens with zero attached hydrogens (tertiary/aromatic N) is 5. The van der Waals surface area contributed by atoms with Gasteiger partial charge in [0.15, 0.2) is 0 Å². The largest absolute Gasteiger partial charge is 0.376 e. The van der Waals surface area contributed by atoms with Gasteiger partial charge in [0.1, 0.15) is 5.82 Å². The fourth-order valence-corrected chi connectivity index (χ4v) is 4.82. The van der Waals surface area contributed by atoms with Crippen LogP contribution in [-0.4, -0.2) is 73.8 Å². The second-order valence-corrected chi connectivity index (χ2v) is 8.96. The minimum atomic E-state index is 0.243. The molecule has 0 unspecified atom stereocenters. The maximum absolute atomic E-state index is 12.5. The summed E-state index contributed by atoms with van der Waals surface area (Å²) in [6.45, 7) is 6.53. The van der Waals surface area contributed by atoms with Crippen LogP contribution in [-0.2, 0) is 9.53 Å². The van der Waals surface area contributed by atoms with Crippen LogP contribution in [0.2, 0.25) is 0 Å². The Morgan fingerprint density at radius 1 is 1.25 bits per heavy atom. The quantitative estimate of drug-likeness (QED) is 0.790. The predicted octanol–water partition coefficient (Wildman–Crippen LogP) is 2.24. The minimum Gasteiger partial charge on any atom is -0.376 e. The number of anilines is 2. The highest BCUT2D eigenvalue weighted by atomic mass is 16.5. The minimum absolute atomic E-state index is 0.243. The number of carbonyl (C=O) groups is 1. The van der Waals surface area contributed by atoms with Crippen LogP contribution in [0.25, 0.3) is 0 Å². The van der Waals surface area contributed by atoms with Crippen LogP contribution in [0.3, 0.4) is 0 Å². The van der Waals surface area contributed by atoms with E-state index in [1.807, 2.05) is 25.9 Å². The summed E-state index contributed by atoms with van der Waals surface area (Å²) in [6, 6.07) is 2.08. The third kappa shape index (κ3) is 4.09.